The Bertz CT molecular complexity index is 1130. The Morgan fingerprint density at radius 3 is 2.21 bits per heavy atom. The van der Waals surface area contributed by atoms with Crippen LogP contribution in [0.5, 0.6) is 0 Å². The average Bonchev–Trinajstić information content (AvgIpc) is 3.30. The highest BCUT2D eigenvalue weighted by Crippen LogP contribution is 2.77. The number of amides is 1. The smallest absolute Gasteiger partial charge is 0.303 e. The molecule has 5 rings (SSSR count). The van der Waals surface area contributed by atoms with Crippen molar-refractivity contribution >= 4 is 17.8 Å². The second kappa shape index (κ2) is 10.6. The van der Waals surface area contributed by atoms with E-state index in [1.807, 2.05) is 0 Å². The number of carboxylic acid groups (broad SMARTS) is 1. The molecule has 10 atom stereocenters. The van der Waals surface area contributed by atoms with Gasteiger partial charge in [-0.15, -0.1) is 0 Å². The van der Waals surface area contributed by atoms with E-state index in [9.17, 15) is 14.4 Å². The van der Waals surface area contributed by atoms with Crippen LogP contribution in [-0.4, -0.2) is 35.6 Å². The maximum Gasteiger partial charge on any atom is 0.303 e. The molecule has 0 aromatic carbocycles. The van der Waals surface area contributed by atoms with Crippen LogP contribution in [0.15, 0.2) is 12.2 Å². The zero-order valence-corrected chi connectivity index (χ0v) is 27.4. The van der Waals surface area contributed by atoms with Crippen molar-refractivity contribution in [3.63, 3.8) is 0 Å². The Balaban J connectivity index is 1.45. The summed E-state index contributed by atoms with van der Waals surface area (Å²) in [7, 11) is 0. The molecule has 0 aromatic heterocycles. The molecule has 6 heteroatoms. The summed E-state index contributed by atoms with van der Waals surface area (Å²) in [5, 5.41) is 12.3. The van der Waals surface area contributed by atoms with Gasteiger partial charge in [-0.2, -0.15) is 0 Å². The fourth-order valence-electron chi connectivity index (χ4n) is 12.5. The van der Waals surface area contributed by atoms with Crippen LogP contribution in [0.3, 0.4) is 0 Å². The minimum atomic E-state index is -0.811. The lowest BCUT2D eigenvalue weighted by molar-refractivity contribution is -0.248. The zero-order chi connectivity index (χ0) is 30.9. The van der Waals surface area contributed by atoms with Gasteiger partial charge in [-0.25, -0.2) is 0 Å². The van der Waals surface area contributed by atoms with E-state index in [0.717, 1.165) is 44.9 Å². The third kappa shape index (κ3) is 4.50. The van der Waals surface area contributed by atoms with E-state index in [2.05, 4.69) is 53.4 Å². The van der Waals surface area contributed by atoms with Crippen LogP contribution in [0.4, 0.5) is 0 Å². The number of nitrogens with one attached hydrogen (secondary N) is 1. The predicted molar refractivity (Wildman–Crippen MR) is 164 cm³/mol. The van der Waals surface area contributed by atoms with Crippen LogP contribution >= 0.6 is 0 Å². The van der Waals surface area contributed by atoms with Crippen LogP contribution in [0.1, 0.15) is 126 Å². The van der Waals surface area contributed by atoms with Gasteiger partial charge in [0.05, 0.1) is 5.41 Å². The van der Waals surface area contributed by atoms with Gasteiger partial charge in [-0.05, 0) is 123 Å². The first kappa shape index (κ1) is 31.6. The van der Waals surface area contributed by atoms with Gasteiger partial charge in [0.2, 0.25) is 5.91 Å². The molecule has 1 amide bonds. The minimum Gasteiger partial charge on any atom is -0.481 e. The van der Waals surface area contributed by atoms with Crippen molar-refractivity contribution in [3.8, 4) is 0 Å². The average molecular weight is 584 g/mol. The van der Waals surface area contributed by atoms with Gasteiger partial charge in [0.25, 0.3) is 0 Å². The summed E-state index contributed by atoms with van der Waals surface area (Å²) >= 11 is 0. The normalized spacial score (nSPS) is 45.4. The van der Waals surface area contributed by atoms with E-state index < -0.39 is 5.97 Å². The third-order valence-corrected chi connectivity index (χ3v) is 14.6. The fraction of sp³-hybridized carbons (Fsp3) is 0.861. The summed E-state index contributed by atoms with van der Waals surface area (Å²) in [4.78, 5) is 37.1. The van der Waals surface area contributed by atoms with Crippen molar-refractivity contribution in [1.82, 2.24) is 5.32 Å². The summed E-state index contributed by atoms with van der Waals surface area (Å²) in [6.45, 7) is 21.1. The molecule has 0 aromatic rings. The maximum atomic E-state index is 14.0. The van der Waals surface area contributed by atoms with Crippen molar-refractivity contribution < 1.29 is 24.2 Å². The van der Waals surface area contributed by atoms with Crippen molar-refractivity contribution in [2.75, 3.05) is 6.54 Å². The van der Waals surface area contributed by atoms with E-state index >= 15 is 0 Å². The molecule has 0 radical (unpaired) electrons. The molecular formula is C36H57NO5. The molecule has 0 heterocycles. The van der Waals surface area contributed by atoms with E-state index in [4.69, 9.17) is 9.84 Å². The van der Waals surface area contributed by atoms with Crippen LogP contribution < -0.4 is 5.32 Å². The minimum absolute atomic E-state index is 0.0107. The van der Waals surface area contributed by atoms with Gasteiger partial charge in [0, 0.05) is 25.3 Å². The van der Waals surface area contributed by atoms with Crippen LogP contribution in [0, 0.1) is 56.7 Å². The standard InChI is InChI=1S/C36H57NO5/c1-22(2)24-13-18-36(31(41)37-21-9-10-29(39)40)20-19-34(7)25(30(24)36)11-12-27-33(6)16-15-28(42-23(3)38)32(4,5)26(33)14-17-35(27,34)8/h24-28,30H,1,9-21H2,2-8H3,(H,37,41)(H,39,40)/t24-,25+,26-,27+,28-,30+,33-,34+,35+,36-/m0/s1. The van der Waals surface area contributed by atoms with E-state index in [-0.39, 0.29) is 51.5 Å². The fourth-order valence-corrected chi connectivity index (χ4v) is 12.5. The number of esters is 1. The number of rotatable bonds is 7. The molecule has 0 aliphatic heterocycles. The Morgan fingerprint density at radius 1 is 0.857 bits per heavy atom. The summed E-state index contributed by atoms with van der Waals surface area (Å²) in [5.74, 6) is 1.47. The number of hydrogen-bond donors (Lipinski definition) is 2. The van der Waals surface area contributed by atoms with Gasteiger partial charge in [-0.1, -0.05) is 46.8 Å². The molecule has 0 bridgehead atoms. The highest BCUT2D eigenvalue weighted by molar-refractivity contribution is 5.84. The van der Waals surface area contributed by atoms with Crippen molar-refractivity contribution in [2.45, 2.75) is 132 Å². The van der Waals surface area contributed by atoms with Crippen LogP contribution in [0.25, 0.3) is 0 Å². The SMILES string of the molecule is C=C(C)[C@@H]1CC[C@]2(C(=O)NCCCC(=O)O)CC[C@]3(C)[C@H](CC[C@@H]4[C@@]5(C)CC[C@H](OC(C)=O)C(C)(C)[C@@H]5CC[C@]43C)[C@@H]12. The topological polar surface area (TPSA) is 92.7 Å². The molecule has 0 saturated heterocycles. The second-order valence-corrected chi connectivity index (χ2v) is 16.6. The quantitative estimate of drug-likeness (QED) is 0.183. The molecule has 42 heavy (non-hydrogen) atoms. The number of carbonyl (C=O) groups excluding carboxylic acids is 2. The lowest BCUT2D eigenvalue weighted by atomic mass is 9.32. The number of allylic oxidation sites excluding steroid dienone is 1. The van der Waals surface area contributed by atoms with Gasteiger partial charge < -0.3 is 15.2 Å². The summed E-state index contributed by atoms with van der Waals surface area (Å²) in [6, 6.07) is 0. The van der Waals surface area contributed by atoms with Crippen LogP contribution in [-0.2, 0) is 19.1 Å². The molecule has 6 nitrogen and oxygen atoms in total. The molecule has 0 unspecified atom stereocenters. The van der Waals surface area contributed by atoms with Crippen molar-refractivity contribution in [1.29, 1.82) is 0 Å². The van der Waals surface area contributed by atoms with Gasteiger partial charge in [-0.3, -0.25) is 14.4 Å². The monoisotopic (exact) mass is 583 g/mol. The Morgan fingerprint density at radius 2 is 1.57 bits per heavy atom. The molecule has 5 saturated carbocycles. The molecule has 5 aliphatic rings. The highest BCUT2D eigenvalue weighted by atomic mass is 16.5. The first-order valence-corrected chi connectivity index (χ1v) is 16.9. The Hall–Kier alpha value is -1.85. The lowest BCUT2D eigenvalue weighted by Gasteiger charge is -2.72. The maximum absolute atomic E-state index is 14.0. The van der Waals surface area contributed by atoms with Crippen LogP contribution in [0.2, 0.25) is 0 Å². The molecular weight excluding hydrogens is 526 g/mol. The van der Waals surface area contributed by atoms with E-state index in [1.165, 1.54) is 24.8 Å². The first-order chi connectivity index (χ1) is 19.5. The van der Waals surface area contributed by atoms with Gasteiger partial charge >= 0.3 is 11.9 Å². The summed E-state index contributed by atoms with van der Waals surface area (Å²) < 4.78 is 5.92. The number of ether oxygens (including phenoxy) is 1. The Labute approximate surface area is 254 Å². The molecule has 2 N–H and O–H groups in total. The third-order valence-electron chi connectivity index (χ3n) is 14.6. The number of fused-ring (bicyclic) bond motifs is 7. The number of aliphatic carboxylic acids is 1. The molecule has 5 aliphatic carbocycles. The summed E-state index contributed by atoms with van der Waals surface area (Å²) in [5.41, 5.74) is 1.35. The van der Waals surface area contributed by atoms with Crippen molar-refractivity contribution in [2.24, 2.45) is 56.7 Å². The number of carboxylic acids is 1. The van der Waals surface area contributed by atoms with E-state index in [0.29, 0.717) is 42.6 Å². The van der Waals surface area contributed by atoms with E-state index in [1.54, 1.807) is 6.92 Å². The molecule has 0 spiro atoms. The second-order valence-electron chi connectivity index (χ2n) is 16.6. The number of hydrogen-bond acceptors (Lipinski definition) is 4. The number of carbonyl (C=O) groups is 3. The van der Waals surface area contributed by atoms with Gasteiger partial charge in [0.1, 0.15) is 6.10 Å². The molecule has 5 fully saturated rings. The largest absolute Gasteiger partial charge is 0.481 e. The zero-order valence-electron chi connectivity index (χ0n) is 27.4. The Kier molecular flexibility index (Phi) is 8.00. The van der Waals surface area contributed by atoms with Gasteiger partial charge in [0.15, 0.2) is 0 Å². The first-order valence-electron chi connectivity index (χ1n) is 16.9. The lowest BCUT2D eigenvalue weighted by Crippen LogP contribution is -2.67. The summed E-state index contributed by atoms with van der Waals surface area (Å²) in [6.07, 6.45) is 11.3. The predicted octanol–water partition coefficient (Wildman–Crippen LogP) is 7.56. The highest BCUT2D eigenvalue weighted by Gasteiger charge is 2.72. The van der Waals surface area contributed by atoms with Crippen molar-refractivity contribution in [3.05, 3.63) is 12.2 Å². The molecule has 236 valence electrons.